The standard InChI is InChI=1S/C42H27NOSSi/c1-8-18-39-31(11-1)32-12-2-9-19-40(32)46(39)41-20-10-5-15-35(41)44-36-26-23-29(27-42(36)46)28-21-24-30(25-22-28)43-33-13-3-6-16-37(33)45-38-17-7-4-14-34(38)43/h1-27H. The largest absolute Gasteiger partial charge is 0.458 e. The lowest BCUT2D eigenvalue weighted by atomic mass is 10.0. The van der Waals surface area contributed by atoms with Gasteiger partial charge >= 0.3 is 0 Å². The summed E-state index contributed by atoms with van der Waals surface area (Å²) in [6.07, 6.45) is 0. The van der Waals surface area contributed by atoms with E-state index < -0.39 is 8.07 Å². The second-order valence-corrected chi connectivity index (χ2v) is 16.8. The van der Waals surface area contributed by atoms with Crippen LogP contribution in [-0.2, 0) is 0 Å². The normalized spacial score (nSPS) is 14.3. The molecular formula is C42H27NOSSi. The van der Waals surface area contributed by atoms with Crippen LogP contribution in [0.3, 0.4) is 0 Å². The zero-order valence-corrected chi connectivity index (χ0v) is 26.7. The third-order valence-electron chi connectivity index (χ3n) is 9.74. The highest BCUT2D eigenvalue weighted by Gasteiger charge is 2.53. The molecule has 1 spiro atoms. The van der Waals surface area contributed by atoms with Gasteiger partial charge in [-0.25, -0.2) is 0 Å². The molecule has 0 saturated carbocycles. The highest BCUT2D eigenvalue weighted by Crippen LogP contribution is 2.51. The zero-order chi connectivity index (χ0) is 30.2. The number of ether oxygens (including phenoxy) is 1. The average molecular weight is 622 g/mol. The van der Waals surface area contributed by atoms with Crippen molar-refractivity contribution in [3.8, 4) is 33.8 Å². The number of nitrogens with zero attached hydrogens (tertiary/aromatic N) is 1. The van der Waals surface area contributed by atoms with E-state index in [4.69, 9.17) is 4.74 Å². The molecule has 7 aromatic rings. The second kappa shape index (κ2) is 9.85. The van der Waals surface area contributed by atoms with E-state index in [0.717, 1.165) is 17.2 Å². The molecule has 0 atom stereocenters. The monoisotopic (exact) mass is 621 g/mol. The average Bonchev–Trinajstić information content (AvgIpc) is 3.41. The van der Waals surface area contributed by atoms with Crippen LogP contribution in [0.2, 0.25) is 0 Å². The SMILES string of the molecule is c1ccc2c(c1)Oc1ccc(-c3ccc(N4c5ccccc5Sc5ccccc54)cc3)cc1[Si]21c2ccccc2-c2ccccc21. The van der Waals surface area contributed by atoms with Gasteiger partial charge in [-0.15, -0.1) is 0 Å². The molecule has 4 heteroatoms. The molecule has 2 nitrogen and oxygen atoms in total. The molecule has 7 aromatic carbocycles. The molecule has 0 aliphatic carbocycles. The van der Waals surface area contributed by atoms with Crippen molar-refractivity contribution in [2.24, 2.45) is 0 Å². The molecule has 0 fully saturated rings. The Labute approximate surface area is 273 Å². The molecule has 0 amide bonds. The Kier molecular flexibility index (Phi) is 5.56. The van der Waals surface area contributed by atoms with Crippen LogP contribution >= 0.6 is 11.8 Å². The molecule has 216 valence electrons. The molecule has 0 aromatic heterocycles. The summed E-state index contributed by atoms with van der Waals surface area (Å²) in [7, 11) is -2.62. The number of para-hydroxylation sites is 3. The van der Waals surface area contributed by atoms with Gasteiger partial charge in [-0.3, -0.25) is 0 Å². The molecule has 3 heterocycles. The van der Waals surface area contributed by atoms with E-state index in [1.165, 1.54) is 64.2 Å². The van der Waals surface area contributed by atoms with Crippen LogP contribution in [0.15, 0.2) is 174 Å². The predicted octanol–water partition coefficient (Wildman–Crippen LogP) is 8.75. The summed E-state index contributed by atoms with van der Waals surface area (Å²) in [6.45, 7) is 0. The van der Waals surface area contributed by atoms with Crippen LogP contribution in [-0.4, -0.2) is 8.07 Å². The van der Waals surface area contributed by atoms with Gasteiger partial charge in [0.1, 0.15) is 11.5 Å². The molecule has 0 bridgehead atoms. The van der Waals surface area contributed by atoms with Gasteiger partial charge in [-0.2, -0.15) is 0 Å². The smallest absolute Gasteiger partial charge is 0.189 e. The first kappa shape index (κ1) is 26.0. The van der Waals surface area contributed by atoms with Crippen molar-refractivity contribution in [2.75, 3.05) is 4.90 Å². The van der Waals surface area contributed by atoms with Gasteiger partial charge in [0, 0.05) is 15.5 Å². The highest BCUT2D eigenvalue weighted by atomic mass is 32.2. The Morgan fingerprint density at radius 2 is 0.957 bits per heavy atom. The van der Waals surface area contributed by atoms with E-state index in [9.17, 15) is 0 Å². The summed E-state index contributed by atoms with van der Waals surface area (Å²) in [5.74, 6) is 1.95. The first-order valence-electron chi connectivity index (χ1n) is 15.7. The number of fused-ring (bicyclic) bond motifs is 11. The van der Waals surface area contributed by atoms with E-state index in [1.807, 2.05) is 11.8 Å². The molecule has 0 saturated heterocycles. The number of anilines is 3. The minimum atomic E-state index is -2.62. The number of rotatable bonds is 2. The minimum absolute atomic E-state index is 0.969. The van der Waals surface area contributed by atoms with Crippen molar-refractivity contribution >= 4 is 57.6 Å². The van der Waals surface area contributed by atoms with Gasteiger partial charge in [-0.05, 0) is 91.5 Å². The van der Waals surface area contributed by atoms with E-state index >= 15 is 0 Å². The Morgan fingerprint density at radius 1 is 0.435 bits per heavy atom. The van der Waals surface area contributed by atoms with Gasteiger partial charge in [0.05, 0.1) is 11.4 Å². The van der Waals surface area contributed by atoms with Crippen LogP contribution in [0.5, 0.6) is 11.5 Å². The van der Waals surface area contributed by atoms with Crippen molar-refractivity contribution in [1.82, 2.24) is 0 Å². The zero-order valence-electron chi connectivity index (χ0n) is 24.9. The van der Waals surface area contributed by atoms with Crippen molar-refractivity contribution in [2.45, 2.75) is 9.79 Å². The molecule has 0 radical (unpaired) electrons. The van der Waals surface area contributed by atoms with E-state index in [2.05, 4.69) is 169 Å². The van der Waals surface area contributed by atoms with Gasteiger partial charge < -0.3 is 9.64 Å². The van der Waals surface area contributed by atoms with Crippen molar-refractivity contribution in [1.29, 1.82) is 0 Å². The molecule has 3 aliphatic heterocycles. The van der Waals surface area contributed by atoms with Gasteiger partial charge in [-0.1, -0.05) is 127 Å². The summed E-state index contributed by atoms with van der Waals surface area (Å²) in [6, 6.07) is 60.0. The van der Waals surface area contributed by atoms with Crippen molar-refractivity contribution in [3.63, 3.8) is 0 Å². The fourth-order valence-corrected chi connectivity index (χ4v) is 14.3. The fourth-order valence-electron chi connectivity index (χ4n) is 7.82. The highest BCUT2D eigenvalue weighted by molar-refractivity contribution is 7.99. The first-order chi connectivity index (χ1) is 22.8. The Balaban J connectivity index is 1.14. The van der Waals surface area contributed by atoms with Crippen LogP contribution in [0.1, 0.15) is 0 Å². The summed E-state index contributed by atoms with van der Waals surface area (Å²) in [4.78, 5) is 4.93. The van der Waals surface area contributed by atoms with Crippen molar-refractivity contribution in [3.05, 3.63) is 164 Å². The molecule has 3 aliphatic rings. The molecular weight excluding hydrogens is 595 g/mol. The number of hydrogen-bond donors (Lipinski definition) is 0. The van der Waals surface area contributed by atoms with E-state index in [-0.39, 0.29) is 0 Å². The lowest BCUT2D eigenvalue weighted by Gasteiger charge is -2.37. The lowest BCUT2D eigenvalue weighted by Crippen LogP contribution is -2.74. The predicted molar refractivity (Wildman–Crippen MR) is 193 cm³/mol. The summed E-state index contributed by atoms with van der Waals surface area (Å²) >= 11 is 1.84. The molecule has 46 heavy (non-hydrogen) atoms. The van der Waals surface area contributed by atoms with Crippen LogP contribution < -0.4 is 30.4 Å². The third-order valence-corrected chi connectivity index (χ3v) is 15.8. The number of hydrogen-bond acceptors (Lipinski definition) is 3. The van der Waals surface area contributed by atoms with Gasteiger partial charge in [0.15, 0.2) is 8.07 Å². The molecule has 0 unspecified atom stereocenters. The third kappa shape index (κ3) is 3.54. The Bertz CT molecular complexity index is 2260. The molecule has 0 N–H and O–H groups in total. The molecule has 10 rings (SSSR count). The van der Waals surface area contributed by atoms with Crippen LogP contribution in [0.25, 0.3) is 22.3 Å². The second-order valence-electron chi connectivity index (χ2n) is 12.1. The van der Waals surface area contributed by atoms with E-state index in [1.54, 1.807) is 0 Å². The first-order valence-corrected chi connectivity index (χ1v) is 18.5. The lowest BCUT2D eigenvalue weighted by molar-refractivity contribution is 0.487. The summed E-state index contributed by atoms with van der Waals surface area (Å²) in [5.41, 5.74) is 8.69. The van der Waals surface area contributed by atoms with Crippen LogP contribution in [0, 0.1) is 0 Å². The Hall–Kier alpha value is -5.29. The Morgan fingerprint density at radius 3 is 1.63 bits per heavy atom. The number of benzene rings is 7. The minimum Gasteiger partial charge on any atom is -0.458 e. The summed E-state index contributed by atoms with van der Waals surface area (Å²) in [5, 5.41) is 5.54. The van der Waals surface area contributed by atoms with Crippen LogP contribution in [0.4, 0.5) is 17.1 Å². The maximum Gasteiger partial charge on any atom is 0.189 e. The topological polar surface area (TPSA) is 12.5 Å². The maximum absolute atomic E-state index is 6.68. The van der Waals surface area contributed by atoms with Crippen molar-refractivity contribution < 1.29 is 4.74 Å². The maximum atomic E-state index is 6.68. The van der Waals surface area contributed by atoms with Gasteiger partial charge in [0.25, 0.3) is 0 Å². The van der Waals surface area contributed by atoms with E-state index in [0.29, 0.717) is 0 Å². The van der Waals surface area contributed by atoms with Gasteiger partial charge in [0.2, 0.25) is 0 Å². The summed E-state index contributed by atoms with van der Waals surface area (Å²) < 4.78 is 6.68. The fraction of sp³-hybridized carbons (Fsp3) is 0. The quantitative estimate of drug-likeness (QED) is 0.179.